The molecule has 1 aliphatic heterocycles. The number of rotatable bonds is 9. The zero-order valence-electron chi connectivity index (χ0n) is 17.1. The van der Waals surface area contributed by atoms with Crippen molar-refractivity contribution in [3.8, 4) is 6.01 Å². The lowest BCUT2D eigenvalue weighted by molar-refractivity contribution is -0.143. The second-order valence-corrected chi connectivity index (χ2v) is 7.36. The zero-order chi connectivity index (χ0) is 20.8. The third-order valence-corrected chi connectivity index (χ3v) is 5.35. The highest BCUT2D eigenvalue weighted by atomic mass is 16.5. The van der Waals surface area contributed by atoms with Gasteiger partial charge in [-0.3, -0.25) is 14.3 Å². The van der Waals surface area contributed by atoms with Crippen LogP contribution in [0.15, 0.2) is 4.79 Å². The number of imidazole rings is 1. The zero-order valence-corrected chi connectivity index (χ0v) is 17.1. The molecule has 1 unspecified atom stereocenters. The number of hydrogen-bond acceptors (Lipinski definition) is 8. The van der Waals surface area contributed by atoms with E-state index in [0.29, 0.717) is 24.3 Å². The van der Waals surface area contributed by atoms with Gasteiger partial charge in [-0.1, -0.05) is 19.8 Å². The van der Waals surface area contributed by atoms with E-state index < -0.39 is 0 Å². The molecular formula is C19H30N6O4. The maximum absolute atomic E-state index is 12.5. The van der Waals surface area contributed by atoms with E-state index in [0.717, 1.165) is 45.1 Å². The summed E-state index contributed by atoms with van der Waals surface area (Å²) < 4.78 is 12.0. The first-order valence-electron chi connectivity index (χ1n) is 10.2. The third kappa shape index (κ3) is 5.06. The number of nitrogens with one attached hydrogen (secondary N) is 1. The number of H-pyrrole nitrogens is 1. The summed E-state index contributed by atoms with van der Waals surface area (Å²) in [5.74, 6) is -0.0436. The standard InChI is InChI=1S/C19H30N6O4/c1-3-4-11-29-18-22-16(20)15-17(23-18)25(19(27)21-15)10-8-13-7-5-6-9-24(13)12-14(26)28-2/h13H,3-12H2,1-2H3,(H,21,27)(H2,20,22,23). The van der Waals surface area contributed by atoms with Crippen LogP contribution in [0.5, 0.6) is 6.01 Å². The molecule has 2 aromatic rings. The minimum atomic E-state index is -0.276. The van der Waals surface area contributed by atoms with Crippen molar-refractivity contribution in [2.24, 2.45) is 0 Å². The highest BCUT2D eigenvalue weighted by Crippen LogP contribution is 2.22. The van der Waals surface area contributed by atoms with Crippen LogP contribution in [0.4, 0.5) is 5.82 Å². The molecule has 0 saturated carbocycles. The van der Waals surface area contributed by atoms with Crippen LogP contribution in [0.3, 0.4) is 0 Å². The molecule has 0 radical (unpaired) electrons. The number of carbonyl (C=O) groups excluding carboxylic acids is 1. The van der Waals surface area contributed by atoms with Gasteiger partial charge >= 0.3 is 17.7 Å². The van der Waals surface area contributed by atoms with Gasteiger partial charge in [-0.15, -0.1) is 0 Å². The quantitative estimate of drug-likeness (QED) is 0.471. The molecule has 0 aromatic carbocycles. The topological polar surface area (TPSA) is 128 Å². The molecule has 3 N–H and O–H groups in total. The third-order valence-electron chi connectivity index (χ3n) is 5.35. The first-order chi connectivity index (χ1) is 14.0. The second-order valence-electron chi connectivity index (χ2n) is 7.36. The number of methoxy groups -OCH3 is 1. The highest BCUT2D eigenvalue weighted by molar-refractivity contribution is 5.81. The maximum Gasteiger partial charge on any atom is 0.327 e. The summed E-state index contributed by atoms with van der Waals surface area (Å²) in [4.78, 5) is 37.6. The van der Waals surface area contributed by atoms with Crippen LogP contribution in [0.2, 0.25) is 0 Å². The number of hydrogen-bond donors (Lipinski definition) is 2. The van der Waals surface area contributed by atoms with Crippen LogP contribution in [0.1, 0.15) is 45.4 Å². The van der Waals surface area contributed by atoms with E-state index in [1.807, 2.05) is 0 Å². The fourth-order valence-electron chi connectivity index (χ4n) is 3.71. The van der Waals surface area contributed by atoms with Crippen molar-refractivity contribution in [2.75, 3.05) is 32.5 Å². The fraction of sp³-hybridized carbons (Fsp3) is 0.684. The molecule has 160 valence electrons. The van der Waals surface area contributed by atoms with Crippen LogP contribution >= 0.6 is 0 Å². The lowest BCUT2D eigenvalue weighted by Crippen LogP contribution is -2.43. The number of anilines is 1. The summed E-state index contributed by atoms with van der Waals surface area (Å²) in [6.07, 6.45) is 5.75. The van der Waals surface area contributed by atoms with Crippen molar-refractivity contribution in [3.05, 3.63) is 10.5 Å². The lowest BCUT2D eigenvalue weighted by atomic mass is 9.99. The van der Waals surface area contributed by atoms with Crippen LogP contribution in [0.25, 0.3) is 11.2 Å². The Bertz CT molecular complexity index is 893. The number of aromatic amines is 1. The molecular weight excluding hydrogens is 376 g/mol. The smallest absolute Gasteiger partial charge is 0.327 e. The minimum Gasteiger partial charge on any atom is -0.468 e. The van der Waals surface area contributed by atoms with Crippen LogP contribution in [-0.2, 0) is 16.1 Å². The number of nitrogens with two attached hydrogens (primary N) is 1. The molecule has 3 rings (SSSR count). The van der Waals surface area contributed by atoms with Gasteiger partial charge in [0.1, 0.15) is 5.52 Å². The molecule has 10 nitrogen and oxygen atoms in total. The van der Waals surface area contributed by atoms with Crippen LogP contribution in [0, 0.1) is 0 Å². The van der Waals surface area contributed by atoms with E-state index >= 15 is 0 Å². The summed E-state index contributed by atoms with van der Waals surface area (Å²) in [6.45, 7) is 4.16. The number of esters is 1. The second kappa shape index (κ2) is 9.73. The first-order valence-corrected chi connectivity index (χ1v) is 10.2. The van der Waals surface area contributed by atoms with Crippen LogP contribution in [-0.4, -0.2) is 63.2 Å². The number of ether oxygens (including phenoxy) is 2. The Balaban J connectivity index is 1.77. The number of carbonyl (C=O) groups is 1. The Morgan fingerprint density at radius 1 is 1.34 bits per heavy atom. The highest BCUT2D eigenvalue weighted by Gasteiger charge is 2.25. The molecule has 0 aliphatic carbocycles. The average Bonchev–Trinajstić information content (AvgIpc) is 3.03. The number of fused-ring (bicyclic) bond motifs is 1. The summed E-state index contributed by atoms with van der Waals surface area (Å²) in [7, 11) is 1.40. The normalized spacial score (nSPS) is 17.5. The summed E-state index contributed by atoms with van der Waals surface area (Å²) in [5, 5.41) is 0. The van der Waals surface area contributed by atoms with E-state index in [4.69, 9.17) is 15.2 Å². The van der Waals surface area contributed by atoms with E-state index in [-0.39, 0.29) is 36.1 Å². The Hall–Kier alpha value is -2.62. The molecule has 29 heavy (non-hydrogen) atoms. The van der Waals surface area contributed by atoms with Gasteiger partial charge in [0, 0.05) is 12.6 Å². The van der Waals surface area contributed by atoms with E-state index in [1.165, 1.54) is 7.11 Å². The number of unbranched alkanes of at least 4 members (excludes halogenated alkanes) is 1. The summed E-state index contributed by atoms with van der Waals surface area (Å²) in [6, 6.07) is 0.389. The van der Waals surface area contributed by atoms with Crippen molar-refractivity contribution in [3.63, 3.8) is 0 Å². The number of aryl methyl sites for hydroxylation is 1. The van der Waals surface area contributed by atoms with E-state index in [9.17, 15) is 9.59 Å². The molecule has 1 saturated heterocycles. The van der Waals surface area contributed by atoms with Gasteiger partial charge in [0.05, 0.1) is 20.3 Å². The predicted octanol–water partition coefficient (Wildman–Crippen LogP) is 1.30. The molecule has 0 amide bonds. The van der Waals surface area contributed by atoms with Gasteiger partial charge in [-0.2, -0.15) is 9.97 Å². The number of nitrogen functional groups attached to an aromatic ring is 1. The first kappa shape index (κ1) is 21.1. The number of nitrogens with zero attached hydrogens (tertiary/aromatic N) is 4. The summed E-state index contributed by atoms with van der Waals surface area (Å²) >= 11 is 0. The van der Waals surface area contributed by atoms with E-state index in [1.54, 1.807) is 4.57 Å². The Morgan fingerprint density at radius 3 is 2.93 bits per heavy atom. The van der Waals surface area contributed by atoms with Crippen molar-refractivity contribution in [1.82, 2.24) is 24.4 Å². The SMILES string of the molecule is CCCCOc1nc(N)c2[nH]c(=O)n(CCC3CCCCN3CC(=O)OC)c2n1. The average molecular weight is 406 g/mol. The van der Waals surface area contributed by atoms with Gasteiger partial charge in [0.2, 0.25) is 0 Å². The molecule has 1 atom stereocenters. The van der Waals surface area contributed by atoms with Gasteiger partial charge in [-0.05, 0) is 32.2 Å². The van der Waals surface area contributed by atoms with Crippen molar-refractivity contribution in [2.45, 2.75) is 58.0 Å². The molecule has 1 fully saturated rings. The molecule has 0 spiro atoms. The monoisotopic (exact) mass is 406 g/mol. The maximum atomic E-state index is 12.5. The van der Waals surface area contributed by atoms with Gasteiger partial charge in [0.25, 0.3) is 0 Å². The van der Waals surface area contributed by atoms with Gasteiger partial charge in [-0.25, -0.2) is 4.79 Å². The van der Waals surface area contributed by atoms with E-state index in [2.05, 4.69) is 26.8 Å². The lowest BCUT2D eigenvalue weighted by Gasteiger charge is -2.34. The largest absolute Gasteiger partial charge is 0.468 e. The fourth-order valence-corrected chi connectivity index (χ4v) is 3.71. The van der Waals surface area contributed by atoms with Crippen LogP contribution < -0.4 is 16.2 Å². The van der Waals surface area contributed by atoms with Crippen molar-refractivity contribution < 1.29 is 14.3 Å². The number of piperidine rings is 1. The molecule has 1 aliphatic rings. The molecule has 2 aromatic heterocycles. The van der Waals surface area contributed by atoms with Crippen molar-refractivity contribution >= 4 is 23.0 Å². The molecule has 10 heteroatoms. The minimum absolute atomic E-state index is 0.182. The van der Waals surface area contributed by atoms with Crippen molar-refractivity contribution in [1.29, 1.82) is 0 Å². The molecule has 3 heterocycles. The molecule has 0 bridgehead atoms. The Morgan fingerprint density at radius 2 is 2.17 bits per heavy atom. The Labute approximate surface area is 169 Å². The van der Waals surface area contributed by atoms with Gasteiger partial charge < -0.3 is 20.2 Å². The Kier molecular flexibility index (Phi) is 7.08. The summed E-state index contributed by atoms with van der Waals surface area (Å²) in [5.41, 5.74) is 6.60. The number of likely N-dealkylation sites (tertiary alicyclic amines) is 1. The predicted molar refractivity (Wildman–Crippen MR) is 109 cm³/mol. The number of aromatic nitrogens is 4. The van der Waals surface area contributed by atoms with Gasteiger partial charge in [0.15, 0.2) is 11.5 Å².